The second-order valence-electron chi connectivity index (χ2n) is 5.68. The van der Waals surface area contributed by atoms with Gasteiger partial charge >= 0.3 is 5.97 Å². The molecular weight excluding hydrogens is 437 g/mol. The Morgan fingerprint density at radius 2 is 2.11 bits per heavy atom. The van der Waals surface area contributed by atoms with Crippen LogP contribution < -0.4 is 9.46 Å². The molecule has 1 N–H and O–H groups in total. The van der Waals surface area contributed by atoms with E-state index in [4.69, 9.17) is 13.9 Å². The summed E-state index contributed by atoms with van der Waals surface area (Å²) in [4.78, 5) is 13.2. The molecule has 3 aromatic rings. The molecular formula is C19H13BrFNO4S. The number of hydrogen-bond acceptors (Lipinski definition) is 6. The van der Waals surface area contributed by atoms with Gasteiger partial charge in [-0.25, -0.2) is 9.18 Å². The summed E-state index contributed by atoms with van der Waals surface area (Å²) >= 11 is 4.57. The van der Waals surface area contributed by atoms with E-state index < -0.39 is 5.97 Å². The first-order chi connectivity index (χ1) is 13.1. The molecule has 2 heterocycles. The molecule has 0 bridgehead atoms. The Bertz CT molecular complexity index is 1040. The van der Waals surface area contributed by atoms with E-state index in [1.165, 1.54) is 31.2 Å². The average Bonchev–Trinajstić information content (AvgIpc) is 3.15. The molecule has 1 aliphatic heterocycles. The van der Waals surface area contributed by atoms with Crippen LogP contribution in [0.3, 0.4) is 0 Å². The molecule has 27 heavy (non-hydrogen) atoms. The van der Waals surface area contributed by atoms with Gasteiger partial charge in [-0.3, -0.25) is 0 Å². The number of esters is 1. The Hall–Kier alpha value is -2.45. The van der Waals surface area contributed by atoms with Crippen LogP contribution in [0.4, 0.5) is 10.1 Å². The third kappa shape index (κ3) is 3.30. The number of carbonyl (C=O) groups is 1. The Kier molecular flexibility index (Phi) is 4.84. The zero-order valence-corrected chi connectivity index (χ0v) is 16.4. The van der Waals surface area contributed by atoms with Gasteiger partial charge in [-0.05, 0) is 64.3 Å². The predicted molar refractivity (Wildman–Crippen MR) is 103 cm³/mol. The number of nitrogens with one attached hydrogen (secondary N) is 1. The number of rotatable bonds is 4. The lowest BCUT2D eigenvalue weighted by atomic mass is 9.98. The van der Waals surface area contributed by atoms with E-state index >= 15 is 0 Å². The quantitative estimate of drug-likeness (QED) is 0.410. The number of halogens is 2. The fraction of sp³-hybridized carbons (Fsp3) is 0.105. The second-order valence-corrected chi connectivity index (χ2v) is 7.38. The van der Waals surface area contributed by atoms with E-state index in [-0.39, 0.29) is 12.4 Å². The zero-order valence-electron chi connectivity index (χ0n) is 14.0. The number of fused-ring (bicyclic) bond motifs is 3. The minimum atomic E-state index is -0.514. The van der Waals surface area contributed by atoms with Crippen molar-refractivity contribution in [2.75, 3.05) is 11.8 Å². The number of ether oxygens (including phenoxy) is 2. The van der Waals surface area contributed by atoms with Gasteiger partial charge in [-0.2, -0.15) is 0 Å². The maximum absolute atomic E-state index is 13.3. The van der Waals surface area contributed by atoms with Crippen molar-refractivity contribution >= 4 is 39.5 Å². The topological polar surface area (TPSA) is 60.7 Å². The van der Waals surface area contributed by atoms with Gasteiger partial charge in [0.15, 0.2) is 0 Å². The average molecular weight is 450 g/mol. The van der Waals surface area contributed by atoms with E-state index in [0.29, 0.717) is 27.2 Å². The largest absolute Gasteiger partial charge is 0.484 e. The third-order valence-electron chi connectivity index (χ3n) is 4.10. The molecule has 8 heteroatoms. The van der Waals surface area contributed by atoms with Gasteiger partial charge in [-0.15, -0.1) is 0 Å². The fourth-order valence-corrected chi connectivity index (χ4v) is 4.11. The predicted octanol–water partition coefficient (Wildman–Crippen LogP) is 5.65. The van der Waals surface area contributed by atoms with E-state index in [1.807, 2.05) is 12.1 Å². The minimum Gasteiger partial charge on any atom is -0.484 e. The van der Waals surface area contributed by atoms with Crippen molar-refractivity contribution in [1.29, 1.82) is 0 Å². The number of methoxy groups -OCH3 is 1. The molecule has 1 aliphatic rings. The SMILES string of the molecule is COC(=O)c1c(NSc2ccc(F)cc2Br)ccc2c1OCc1occc1-2. The van der Waals surface area contributed by atoms with Crippen molar-refractivity contribution in [1.82, 2.24) is 0 Å². The van der Waals surface area contributed by atoms with Gasteiger partial charge in [-0.1, -0.05) is 0 Å². The highest BCUT2D eigenvalue weighted by molar-refractivity contribution is 9.10. The van der Waals surface area contributed by atoms with Crippen LogP contribution in [0, 0.1) is 5.82 Å². The number of anilines is 1. The number of hydrogen-bond donors (Lipinski definition) is 1. The maximum Gasteiger partial charge on any atom is 0.343 e. The van der Waals surface area contributed by atoms with Crippen LogP contribution in [-0.2, 0) is 11.3 Å². The third-order valence-corrected chi connectivity index (χ3v) is 5.91. The highest BCUT2D eigenvalue weighted by Crippen LogP contribution is 2.44. The molecule has 0 fully saturated rings. The van der Waals surface area contributed by atoms with Crippen LogP contribution in [0.5, 0.6) is 5.75 Å². The Morgan fingerprint density at radius 1 is 1.26 bits per heavy atom. The van der Waals surface area contributed by atoms with Crippen molar-refractivity contribution in [3.63, 3.8) is 0 Å². The maximum atomic E-state index is 13.3. The van der Waals surface area contributed by atoms with Gasteiger partial charge in [0.2, 0.25) is 0 Å². The first kappa shape index (κ1) is 17.9. The first-order valence-corrected chi connectivity index (χ1v) is 9.52. The summed E-state index contributed by atoms with van der Waals surface area (Å²) in [6.45, 7) is 0.236. The normalized spacial score (nSPS) is 12.0. The molecule has 2 aromatic carbocycles. The van der Waals surface area contributed by atoms with Crippen molar-refractivity contribution in [2.24, 2.45) is 0 Å². The van der Waals surface area contributed by atoms with E-state index in [9.17, 15) is 9.18 Å². The van der Waals surface area contributed by atoms with Gasteiger partial charge in [0.1, 0.15) is 29.5 Å². The standard InChI is InChI=1S/C19H13BrFNO4S/c1-24-19(23)17-14(22-27-16-5-2-10(21)8-13(16)20)4-3-12-11-6-7-25-15(11)9-26-18(12)17/h2-8,22H,9H2,1H3. The van der Waals surface area contributed by atoms with Gasteiger partial charge in [0.25, 0.3) is 0 Å². The van der Waals surface area contributed by atoms with E-state index in [1.54, 1.807) is 18.4 Å². The summed E-state index contributed by atoms with van der Waals surface area (Å²) in [5.41, 5.74) is 2.49. The van der Waals surface area contributed by atoms with Crippen LogP contribution in [0.2, 0.25) is 0 Å². The molecule has 0 saturated heterocycles. The lowest BCUT2D eigenvalue weighted by molar-refractivity contribution is 0.0596. The van der Waals surface area contributed by atoms with Crippen LogP contribution in [0.15, 0.2) is 56.4 Å². The smallest absolute Gasteiger partial charge is 0.343 e. The number of carbonyl (C=O) groups excluding carboxylic acids is 1. The fourth-order valence-electron chi connectivity index (χ4n) is 2.83. The number of furan rings is 1. The zero-order chi connectivity index (χ0) is 19.0. The lowest BCUT2D eigenvalue weighted by Gasteiger charge is -2.21. The second kappa shape index (κ2) is 7.28. The molecule has 0 saturated carbocycles. The molecule has 5 nitrogen and oxygen atoms in total. The monoisotopic (exact) mass is 449 g/mol. The Labute approximate surface area is 167 Å². The first-order valence-electron chi connectivity index (χ1n) is 7.91. The van der Waals surface area contributed by atoms with Crippen LogP contribution >= 0.6 is 27.9 Å². The molecule has 0 aliphatic carbocycles. The molecule has 0 radical (unpaired) electrons. The van der Waals surface area contributed by atoms with Crippen LogP contribution in [0.1, 0.15) is 16.1 Å². The van der Waals surface area contributed by atoms with Crippen LogP contribution in [-0.4, -0.2) is 13.1 Å². The molecule has 0 atom stereocenters. The van der Waals surface area contributed by atoms with Gasteiger partial charge in [0, 0.05) is 20.5 Å². The summed E-state index contributed by atoms with van der Waals surface area (Å²) in [7, 11) is 1.32. The lowest BCUT2D eigenvalue weighted by Crippen LogP contribution is -2.12. The van der Waals surface area contributed by atoms with Crippen molar-refractivity contribution in [3.05, 3.63) is 64.3 Å². The van der Waals surface area contributed by atoms with Crippen molar-refractivity contribution in [2.45, 2.75) is 11.5 Å². The molecule has 1 aromatic heterocycles. The van der Waals surface area contributed by atoms with E-state index in [2.05, 4.69) is 20.7 Å². The summed E-state index contributed by atoms with van der Waals surface area (Å²) in [6, 6.07) is 9.86. The molecule has 0 spiro atoms. The highest BCUT2D eigenvalue weighted by Gasteiger charge is 2.28. The summed E-state index contributed by atoms with van der Waals surface area (Å²) in [5.74, 6) is 0.308. The number of benzene rings is 2. The Balaban J connectivity index is 1.72. The minimum absolute atomic E-state index is 0.236. The Morgan fingerprint density at radius 3 is 2.89 bits per heavy atom. The molecule has 138 valence electrons. The molecule has 0 unspecified atom stereocenters. The van der Waals surface area contributed by atoms with Crippen molar-refractivity contribution in [3.8, 4) is 16.9 Å². The highest BCUT2D eigenvalue weighted by atomic mass is 79.9. The summed E-state index contributed by atoms with van der Waals surface area (Å²) in [5, 5.41) is 0. The van der Waals surface area contributed by atoms with E-state index in [0.717, 1.165) is 16.0 Å². The van der Waals surface area contributed by atoms with Crippen molar-refractivity contribution < 1.29 is 23.1 Å². The van der Waals surface area contributed by atoms with Gasteiger partial charge in [0.05, 0.1) is 19.1 Å². The molecule has 4 rings (SSSR count). The molecule has 0 amide bonds. The van der Waals surface area contributed by atoms with Gasteiger partial charge < -0.3 is 18.6 Å². The summed E-state index contributed by atoms with van der Waals surface area (Å²) in [6.07, 6.45) is 1.59. The summed E-state index contributed by atoms with van der Waals surface area (Å²) < 4.78 is 33.2. The van der Waals surface area contributed by atoms with Crippen LogP contribution in [0.25, 0.3) is 11.1 Å².